The molecule has 0 saturated carbocycles. The van der Waals surface area contributed by atoms with Gasteiger partial charge in [-0.05, 0) is 49.1 Å². The number of ether oxygens (including phenoxy) is 3. The number of sulfone groups is 1. The van der Waals surface area contributed by atoms with Crippen molar-refractivity contribution in [2.75, 3.05) is 19.8 Å². The maximum absolute atomic E-state index is 13.8. The molecule has 4 heterocycles. The second kappa shape index (κ2) is 10.5. The summed E-state index contributed by atoms with van der Waals surface area (Å²) in [7, 11) is -4.25. The Morgan fingerprint density at radius 1 is 1.18 bits per heavy atom. The highest BCUT2D eigenvalue weighted by Crippen LogP contribution is 2.36. The van der Waals surface area contributed by atoms with Gasteiger partial charge in [0.15, 0.2) is 5.75 Å². The first-order chi connectivity index (χ1) is 18.4. The van der Waals surface area contributed by atoms with Gasteiger partial charge in [-0.25, -0.2) is 18.4 Å². The van der Waals surface area contributed by atoms with Crippen LogP contribution in [0.1, 0.15) is 28.8 Å². The zero-order valence-corrected chi connectivity index (χ0v) is 21.0. The summed E-state index contributed by atoms with van der Waals surface area (Å²) >= 11 is 0. The minimum atomic E-state index is -4.25. The molecule has 0 atom stereocenters. The molecule has 0 aliphatic carbocycles. The quantitative estimate of drug-likeness (QED) is 0.328. The molecule has 1 saturated heterocycles. The Hall–Kier alpha value is -4.40. The molecule has 4 aromatic rings. The third-order valence-electron chi connectivity index (χ3n) is 6.22. The van der Waals surface area contributed by atoms with Gasteiger partial charge >= 0.3 is 0 Å². The minimum absolute atomic E-state index is 0.109. The lowest BCUT2D eigenvalue weighted by Crippen LogP contribution is -2.22. The van der Waals surface area contributed by atoms with E-state index >= 15 is 0 Å². The molecule has 3 aromatic heterocycles. The summed E-state index contributed by atoms with van der Waals surface area (Å²) in [4.78, 5) is 23.2. The number of aromatic nitrogens is 3. The van der Waals surface area contributed by atoms with Crippen LogP contribution < -0.4 is 15.2 Å². The van der Waals surface area contributed by atoms with Crippen LogP contribution in [0.5, 0.6) is 17.4 Å². The van der Waals surface area contributed by atoms with Crippen molar-refractivity contribution in [3.8, 4) is 29.7 Å². The maximum atomic E-state index is 13.8. The highest BCUT2D eigenvalue weighted by molar-refractivity contribution is 7.91. The Labute approximate surface area is 219 Å². The van der Waals surface area contributed by atoms with Gasteiger partial charge in [-0.1, -0.05) is 12.0 Å². The number of hydrogen-bond acceptors (Lipinski definition) is 8. The van der Waals surface area contributed by atoms with Gasteiger partial charge in [-0.3, -0.25) is 4.79 Å². The van der Waals surface area contributed by atoms with Gasteiger partial charge in [0.25, 0.3) is 5.91 Å². The topological polar surface area (TPSA) is 146 Å². The monoisotopic (exact) mass is 532 g/mol. The predicted molar refractivity (Wildman–Crippen MR) is 138 cm³/mol. The number of primary amides is 1. The highest BCUT2D eigenvalue weighted by atomic mass is 32.2. The van der Waals surface area contributed by atoms with Crippen LogP contribution in [0.3, 0.4) is 0 Å². The second-order valence-electron chi connectivity index (χ2n) is 8.72. The van der Waals surface area contributed by atoms with Crippen LogP contribution in [0.15, 0.2) is 64.8 Å². The number of nitrogens with one attached hydrogen (secondary N) is 1. The smallest absolute Gasteiger partial charge is 0.252 e. The Morgan fingerprint density at radius 3 is 2.76 bits per heavy atom. The summed E-state index contributed by atoms with van der Waals surface area (Å²) in [6, 6.07) is 8.88. The van der Waals surface area contributed by atoms with Crippen molar-refractivity contribution in [3.63, 3.8) is 0 Å². The molecule has 1 amide bonds. The standard InChI is InChI=1S/C27H24N4O6S/c1-2-18-13-21(15-31-27(18)36-16-17-7-10-35-11-8-17)38(33,34)23-5-3-4-22(25(28)32)24(23)37-20-12-19-6-9-29-26(19)30-14-20/h1,3-6,9,12-15,17H,7-8,10-11,16H2,(H2,28,32)(H,29,30). The van der Waals surface area contributed by atoms with Crippen molar-refractivity contribution < 1.29 is 27.4 Å². The number of terminal acetylenes is 1. The number of nitrogens with two attached hydrogens (primary N) is 1. The van der Waals surface area contributed by atoms with Crippen molar-refractivity contribution in [2.45, 2.75) is 22.6 Å². The number of fused-ring (bicyclic) bond motifs is 1. The fourth-order valence-electron chi connectivity index (χ4n) is 4.16. The number of para-hydroxylation sites is 1. The number of aromatic amines is 1. The Balaban J connectivity index is 1.50. The summed E-state index contributed by atoms with van der Waals surface area (Å²) in [6.07, 6.45) is 11.7. The average molecular weight is 533 g/mol. The molecule has 0 unspecified atom stereocenters. The summed E-state index contributed by atoms with van der Waals surface area (Å²) in [6.45, 7) is 1.74. The Bertz CT molecular complexity index is 1650. The van der Waals surface area contributed by atoms with E-state index in [0.29, 0.717) is 31.4 Å². The molecule has 10 nitrogen and oxygen atoms in total. The molecule has 1 aromatic carbocycles. The summed E-state index contributed by atoms with van der Waals surface area (Å²) in [5, 5.41) is 0.739. The number of pyridine rings is 2. The molecule has 0 spiro atoms. The van der Waals surface area contributed by atoms with E-state index in [4.69, 9.17) is 26.4 Å². The molecule has 5 rings (SSSR count). The van der Waals surface area contributed by atoms with Gasteiger partial charge in [0.05, 0.1) is 35.0 Å². The number of carbonyl (C=O) groups excluding carboxylic acids is 1. The molecule has 38 heavy (non-hydrogen) atoms. The number of carbonyl (C=O) groups is 1. The van der Waals surface area contributed by atoms with Gasteiger partial charge in [0, 0.05) is 24.8 Å². The number of benzene rings is 1. The zero-order chi connectivity index (χ0) is 26.7. The van der Waals surface area contributed by atoms with E-state index in [1.807, 2.05) is 0 Å². The van der Waals surface area contributed by atoms with Crippen molar-refractivity contribution in [3.05, 3.63) is 66.1 Å². The molecule has 3 N–H and O–H groups in total. The van der Waals surface area contributed by atoms with Gasteiger partial charge in [0.1, 0.15) is 16.3 Å². The molecule has 11 heteroatoms. The molecular formula is C27H24N4O6S. The van der Waals surface area contributed by atoms with Crippen molar-refractivity contribution in [2.24, 2.45) is 11.7 Å². The summed E-state index contributed by atoms with van der Waals surface area (Å²) < 4.78 is 44.6. The molecule has 1 fully saturated rings. The van der Waals surface area contributed by atoms with E-state index in [1.54, 1.807) is 18.3 Å². The lowest BCUT2D eigenvalue weighted by molar-refractivity contribution is 0.0490. The predicted octanol–water partition coefficient (Wildman–Crippen LogP) is 3.47. The van der Waals surface area contributed by atoms with E-state index in [0.717, 1.165) is 18.2 Å². The van der Waals surface area contributed by atoms with Crippen LogP contribution in [-0.2, 0) is 14.6 Å². The Morgan fingerprint density at radius 2 is 2.00 bits per heavy atom. The number of amides is 1. The van der Waals surface area contributed by atoms with Crippen LogP contribution in [0.25, 0.3) is 11.0 Å². The van der Waals surface area contributed by atoms with Gasteiger partial charge in [-0.15, -0.1) is 6.42 Å². The first kappa shape index (κ1) is 25.3. The molecule has 194 valence electrons. The molecule has 0 bridgehead atoms. The fraction of sp³-hybridized carbons (Fsp3) is 0.222. The van der Waals surface area contributed by atoms with E-state index in [9.17, 15) is 13.2 Å². The van der Waals surface area contributed by atoms with E-state index in [2.05, 4.69) is 20.9 Å². The van der Waals surface area contributed by atoms with Gasteiger partial charge in [-0.2, -0.15) is 0 Å². The van der Waals surface area contributed by atoms with Crippen LogP contribution in [0.4, 0.5) is 0 Å². The molecular weight excluding hydrogens is 508 g/mol. The largest absolute Gasteiger partial charge is 0.476 e. The lowest BCUT2D eigenvalue weighted by atomic mass is 10.0. The number of H-pyrrole nitrogens is 1. The first-order valence-corrected chi connectivity index (χ1v) is 13.3. The van der Waals surface area contributed by atoms with Crippen LogP contribution in [0, 0.1) is 18.3 Å². The van der Waals surface area contributed by atoms with E-state index in [-0.39, 0.29) is 38.3 Å². The summed E-state index contributed by atoms with van der Waals surface area (Å²) in [5.41, 5.74) is 6.26. The van der Waals surface area contributed by atoms with Crippen molar-refractivity contribution in [1.29, 1.82) is 0 Å². The molecule has 1 aliphatic rings. The first-order valence-electron chi connectivity index (χ1n) is 11.8. The van der Waals surface area contributed by atoms with E-state index < -0.39 is 15.7 Å². The summed E-state index contributed by atoms with van der Waals surface area (Å²) in [5.74, 6) is 2.07. The second-order valence-corrected chi connectivity index (χ2v) is 10.6. The highest BCUT2D eigenvalue weighted by Gasteiger charge is 2.28. The van der Waals surface area contributed by atoms with Gasteiger partial charge < -0.3 is 24.9 Å². The normalized spacial score (nSPS) is 14.2. The third-order valence-corrected chi connectivity index (χ3v) is 7.96. The van der Waals surface area contributed by atoms with Crippen LogP contribution >= 0.6 is 0 Å². The lowest BCUT2D eigenvalue weighted by Gasteiger charge is -2.22. The van der Waals surface area contributed by atoms with Crippen LogP contribution in [0.2, 0.25) is 0 Å². The third kappa shape index (κ3) is 5.04. The number of rotatable bonds is 8. The Kier molecular flexibility index (Phi) is 7.00. The van der Waals surface area contributed by atoms with E-state index in [1.165, 1.54) is 36.7 Å². The number of nitrogens with zero attached hydrogens (tertiary/aromatic N) is 2. The number of hydrogen-bond donors (Lipinski definition) is 2. The zero-order valence-electron chi connectivity index (χ0n) is 20.2. The van der Waals surface area contributed by atoms with Crippen molar-refractivity contribution >= 4 is 26.8 Å². The minimum Gasteiger partial charge on any atom is -0.476 e. The fourth-order valence-corrected chi connectivity index (χ4v) is 5.53. The van der Waals surface area contributed by atoms with Crippen LogP contribution in [-0.4, -0.2) is 49.1 Å². The molecule has 1 aliphatic heterocycles. The molecule has 0 radical (unpaired) electrons. The SMILES string of the molecule is C#Cc1cc(S(=O)(=O)c2cccc(C(N)=O)c2Oc2cnc3[nH]ccc3c2)cnc1OCC1CCOCC1. The maximum Gasteiger partial charge on any atom is 0.252 e. The van der Waals surface area contributed by atoms with Crippen molar-refractivity contribution in [1.82, 2.24) is 15.0 Å². The van der Waals surface area contributed by atoms with Gasteiger partial charge in [0.2, 0.25) is 15.7 Å². The average Bonchev–Trinajstić information content (AvgIpc) is 3.40.